The normalized spacial score (nSPS) is 11.3. The molecule has 0 heterocycles. The highest BCUT2D eigenvalue weighted by atomic mass is 16.5. The number of aliphatic imine (C=N–C) groups is 1. The highest BCUT2D eigenvalue weighted by molar-refractivity contribution is 5.85. The number of ether oxygens (including phenoxy) is 1. The van der Waals surface area contributed by atoms with E-state index in [4.69, 9.17) is 4.74 Å². The van der Waals surface area contributed by atoms with Crippen LogP contribution < -0.4 is 4.74 Å². The maximum absolute atomic E-state index is 9.80. The number of para-hydroxylation sites is 1. The van der Waals surface area contributed by atoms with Crippen molar-refractivity contribution in [3.05, 3.63) is 54.1 Å². The minimum Gasteiger partial charge on any atom is -0.507 e. The molecule has 0 saturated carbocycles. The topological polar surface area (TPSA) is 41.8 Å². The summed E-state index contributed by atoms with van der Waals surface area (Å²) in [6.45, 7) is 3.06. The van der Waals surface area contributed by atoms with E-state index >= 15 is 0 Å². The summed E-state index contributed by atoms with van der Waals surface area (Å²) >= 11 is 0. The lowest BCUT2D eigenvalue weighted by Crippen LogP contribution is -1.97. The number of aromatic hydroxyl groups is 1. The summed E-state index contributed by atoms with van der Waals surface area (Å²) in [7, 11) is 0. The Labute approximate surface area is 208 Å². The number of benzene rings is 2. The molecule has 3 nitrogen and oxygen atoms in total. The first-order valence-electron chi connectivity index (χ1n) is 13.8. The molecular weight excluding hydrogens is 418 g/mol. The van der Waals surface area contributed by atoms with Gasteiger partial charge >= 0.3 is 0 Å². The van der Waals surface area contributed by atoms with Crippen LogP contribution in [0.15, 0.2) is 53.5 Å². The fourth-order valence-electron chi connectivity index (χ4n) is 4.21. The molecule has 0 bridgehead atoms. The number of hydrogen-bond acceptors (Lipinski definition) is 3. The second-order valence-electron chi connectivity index (χ2n) is 9.46. The molecule has 0 aliphatic heterocycles. The van der Waals surface area contributed by atoms with Crippen LogP contribution >= 0.6 is 0 Å². The minimum atomic E-state index is 0.241. The highest BCUT2D eigenvalue weighted by Gasteiger charge is 1.98. The summed E-state index contributed by atoms with van der Waals surface area (Å²) in [6.07, 6.45) is 23.8. The van der Waals surface area contributed by atoms with E-state index in [1.165, 1.54) is 96.3 Å². The zero-order chi connectivity index (χ0) is 24.1. The third-order valence-corrected chi connectivity index (χ3v) is 6.39. The zero-order valence-corrected chi connectivity index (χ0v) is 21.5. The van der Waals surface area contributed by atoms with Gasteiger partial charge in [0.05, 0.1) is 12.3 Å². The monoisotopic (exact) mass is 465 g/mol. The molecule has 0 aliphatic rings. The third-order valence-electron chi connectivity index (χ3n) is 6.39. The molecule has 0 aromatic heterocycles. The van der Waals surface area contributed by atoms with Gasteiger partial charge in [-0.05, 0) is 42.8 Å². The lowest BCUT2D eigenvalue weighted by Gasteiger charge is -2.06. The Hall–Kier alpha value is -2.29. The molecule has 0 unspecified atom stereocenters. The van der Waals surface area contributed by atoms with E-state index in [9.17, 15) is 5.11 Å². The predicted octanol–water partition coefficient (Wildman–Crippen LogP) is 9.78. The van der Waals surface area contributed by atoms with Crippen molar-refractivity contribution in [1.82, 2.24) is 0 Å². The van der Waals surface area contributed by atoms with Crippen molar-refractivity contribution in [2.45, 2.75) is 110 Å². The number of phenolic OH excluding ortho intramolecular Hbond substituents is 1. The summed E-state index contributed by atoms with van der Waals surface area (Å²) < 4.78 is 5.87. The Morgan fingerprint density at radius 3 is 1.68 bits per heavy atom. The van der Waals surface area contributed by atoms with Gasteiger partial charge in [0.2, 0.25) is 0 Å². The predicted molar refractivity (Wildman–Crippen MR) is 147 cm³/mol. The molecule has 1 N–H and O–H groups in total. The lowest BCUT2D eigenvalue weighted by atomic mass is 10.0. The van der Waals surface area contributed by atoms with Crippen LogP contribution in [0.25, 0.3) is 0 Å². The van der Waals surface area contributed by atoms with Gasteiger partial charge in [-0.15, -0.1) is 0 Å². The number of rotatable bonds is 20. The molecule has 2 rings (SSSR count). The highest BCUT2D eigenvalue weighted by Crippen LogP contribution is 2.20. The number of hydrogen-bond donors (Lipinski definition) is 1. The Bertz CT molecular complexity index is 769. The summed E-state index contributed by atoms with van der Waals surface area (Å²) in [4.78, 5) is 4.42. The van der Waals surface area contributed by atoms with E-state index in [2.05, 4.69) is 11.9 Å². The molecule has 0 amide bonds. The van der Waals surface area contributed by atoms with Crippen molar-refractivity contribution in [2.75, 3.05) is 6.61 Å². The zero-order valence-electron chi connectivity index (χ0n) is 21.5. The van der Waals surface area contributed by atoms with Gasteiger partial charge in [-0.25, -0.2) is 0 Å². The fourth-order valence-corrected chi connectivity index (χ4v) is 4.21. The van der Waals surface area contributed by atoms with E-state index in [1.54, 1.807) is 18.3 Å². The molecule has 0 spiro atoms. The lowest BCUT2D eigenvalue weighted by molar-refractivity contribution is 0.304. The molecule has 0 atom stereocenters. The minimum absolute atomic E-state index is 0.241. The second-order valence-corrected chi connectivity index (χ2v) is 9.46. The van der Waals surface area contributed by atoms with E-state index in [0.29, 0.717) is 5.56 Å². The molecule has 2 aromatic rings. The largest absolute Gasteiger partial charge is 0.507 e. The molecule has 3 heteroatoms. The average molecular weight is 466 g/mol. The van der Waals surface area contributed by atoms with Gasteiger partial charge in [0.15, 0.2) is 0 Å². The molecule has 0 fully saturated rings. The van der Waals surface area contributed by atoms with Crippen molar-refractivity contribution in [1.29, 1.82) is 0 Å². The van der Waals surface area contributed by atoms with Gasteiger partial charge in [-0.3, -0.25) is 4.99 Å². The summed E-state index contributed by atoms with van der Waals surface area (Å²) in [5.74, 6) is 1.13. The van der Waals surface area contributed by atoms with Gasteiger partial charge in [-0.2, -0.15) is 0 Å². The number of unbranched alkanes of at least 4 members (excludes halogenated alkanes) is 15. The Morgan fingerprint density at radius 1 is 0.647 bits per heavy atom. The van der Waals surface area contributed by atoms with E-state index in [-0.39, 0.29) is 5.75 Å². The molecule has 188 valence electrons. The third kappa shape index (κ3) is 13.4. The summed E-state index contributed by atoms with van der Waals surface area (Å²) in [6, 6.07) is 15.0. The van der Waals surface area contributed by atoms with Gasteiger partial charge in [0.25, 0.3) is 0 Å². The van der Waals surface area contributed by atoms with Crippen molar-refractivity contribution < 1.29 is 9.84 Å². The molecule has 0 radical (unpaired) electrons. The SMILES string of the molecule is CCCCCCCCCCCCCCCCCCOc1ccc(N=Cc2ccccc2O)cc1. The standard InChI is InChI=1S/C31H47NO2/c1-2-3-4-5-6-7-8-9-10-11-12-13-14-15-16-19-26-34-30-24-22-29(23-25-30)32-27-28-20-17-18-21-31(28)33/h17-18,20-25,27,33H,2-16,19,26H2,1H3. The van der Waals surface area contributed by atoms with E-state index in [0.717, 1.165) is 24.5 Å². The van der Waals surface area contributed by atoms with Crippen molar-refractivity contribution >= 4 is 11.9 Å². The fraction of sp³-hybridized carbons (Fsp3) is 0.581. The van der Waals surface area contributed by atoms with Crippen LogP contribution in [-0.4, -0.2) is 17.9 Å². The van der Waals surface area contributed by atoms with Crippen LogP contribution in [0, 0.1) is 0 Å². The van der Waals surface area contributed by atoms with Crippen molar-refractivity contribution in [3.8, 4) is 11.5 Å². The molecule has 0 saturated heterocycles. The number of nitrogens with zero attached hydrogens (tertiary/aromatic N) is 1. The van der Waals surface area contributed by atoms with Gasteiger partial charge in [-0.1, -0.05) is 115 Å². The maximum Gasteiger partial charge on any atom is 0.124 e. The Balaban J connectivity index is 1.39. The second kappa shape index (κ2) is 19.1. The quantitative estimate of drug-likeness (QED) is 0.156. The summed E-state index contributed by atoms with van der Waals surface area (Å²) in [5.41, 5.74) is 1.56. The number of phenols is 1. The van der Waals surface area contributed by atoms with Gasteiger partial charge in [0, 0.05) is 11.8 Å². The summed E-state index contributed by atoms with van der Waals surface area (Å²) in [5, 5.41) is 9.80. The van der Waals surface area contributed by atoms with Gasteiger partial charge < -0.3 is 9.84 Å². The molecule has 34 heavy (non-hydrogen) atoms. The van der Waals surface area contributed by atoms with Crippen LogP contribution in [0.1, 0.15) is 115 Å². The molecular formula is C31H47NO2. The van der Waals surface area contributed by atoms with Crippen LogP contribution in [0.4, 0.5) is 5.69 Å². The van der Waals surface area contributed by atoms with E-state index < -0.39 is 0 Å². The van der Waals surface area contributed by atoms with Crippen LogP contribution in [0.2, 0.25) is 0 Å². The average Bonchev–Trinajstić information content (AvgIpc) is 2.86. The van der Waals surface area contributed by atoms with Crippen LogP contribution in [0.3, 0.4) is 0 Å². The smallest absolute Gasteiger partial charge is 0.124 e. The Kier molecular flexibility index (Phi) is 15.7. The van der Waals surface area contributed by atoms with Crippen LogP contribution in [0.5, 0.6) is 11.5 Å². The van der Waals surface area contributed by atoms with Crippen molar-refractivity contribution in [3.63, 3.8) is 0 Å². The Morgan fingerprint density at radius 2 is 1.15 bits per heavy atom. The van der Waals surface area contributed by atoms with E-state index in [1.807, 2.05) is 36.4 Å². The molecule has 2 aromatic carbocycles. The van der Waals surface area contributed by atoms with Crippen LogP contribution in [-0.2, 0) is 0 Å². The first-order chi connectivity index (χ1) is 16.8. The first kappa shape index (κ1) is 28.0. The molecule has 0 aliphatic carbocycles. The first-order valence-corrected chi connectivity index (χ1v) is 13.8. The van der Waals surface area contributed by atoms with Gasteiger partial charge in [0.1, 0.15) is 11.5 Å². The maximum atomic E-state index is 9.80. The van der Waals surface area contributed by atoms with Crippen molar-refractivity contribution in [2.24, 2.45) is 4.99 Å².